The first kappa shape index (κ1) is 12.5. The van der Waals surface area contributed by atoms with Gasteiger partial charge in [0.05, 0.1) is 0 Å². The van der Waals surface area contributed by atoms with Crippen molar-refractivity contribution in [3.63, 3.8) is 0 Å². The Bertz CT molecular complexity index is 706. The first-order valence-electron chi connectivity index (χ1n) is 6.59. The van der Waals surface area contributed by atoms with Crippen molar-refractivity contribution in [2.75, 3.05) is 17.2 Å². The molecule has 2 aromatic rings. The molecule has 1 aromatic heterocycles. The van der Waals surface area contributed by atoms with Crippen molar-refractivity contribution in [2.45, 2.75) is 12.8 Å². The molecule has 0 radical (unpaired) electrons. The van der Waals surface area contributed by atoms with E-state index < -0.39 is 0 Å². The van der Waals surface area contributed by atoms with E-state index in [1.807, 2.05) is 18.2 Å². The summed E-state index contributed by atoms with van der Waals surface area (Å²) in [4.78, 5) is 25.7. The number of pyridine rings is 1. The lowest BCUT2D eigenvalue weighted by molar-refractivity contribution is 0.102. The molecule has 3 rings (SSSR count). The number of carbonyl (C=O) groups is 1. The smallest absolute Gasteiger partial charge is 0.255 e. The monoisotopic (exact) mass is 269 g/mol. The Morgan fingerprint density at radius 3 is 2.95 bits per heavy atom. The summed E-state index contributed by atoms with van der Waals surface area (Å²) >= 11 is 0. The van der Waals surface area contributed by atoms with Gasteiger partial charge in [0.2, 0.25) is 5.56 Å². The number of anilines is 2. The average molecular weight is 269 g/mol. The van der Waals surface area contributed by atoms with Crippen LogP contribution < -0.4 is 16.2 Å². The van der Waals surface area contributed by atoms with Crippen molar-refractivity contribution < 1.29 is 4.79 Å². The molecular weight excluding hydrogens is 254 g/mol. The predicted octanol–water partition coefficient (Wildman–Crippen LogP) is 1.99. The van der Waals surface area contributed by atoms with Crippen molar-refractivity contribution in [3.8, 4) is 0 Å². The third kappa shape index (κ3) is 2.56. The van der Waals surface area contributed by atoms with Crippen LogP contribution in [-0.4, -0.2) is 17.4 Å². The van der Waals surface area contributed by atoms with Gasteiger partial charge in [0.1, 0.15) is 0 Å². The Morgan fingerprint density at radius 1 is 1.20 bits per heavy atom. The number of carbonyl (C=O) groups excluding carboxylic acids is 1. The van der Waals surface area contributed by atoms with Crippen LogP contribution in [-0.2, 0) is 6.42 Å². The minimum Gasteiger partial charge on any atom is -0.385 e. The molecule has 0 spiro atoms. The van der Waals surface area contributed by atoms with E-state index in [4.69, 9.17) is 0 Å². The minimum atomic E-state index is -0.287. The summed E-state index contributed by atoms with van der Waals surface area (Å²) in [7, 11) is 0. The lowest BCUT2D eigenvalue weighted by Gasteiger charge is -2.18. The second-order valence-electron chi connectivity index (χ2n) is 4.80. The van der Waals surface area contributed by atoms with E-state index in [0.717, 1.165) is 30.8 Å². The van der Waals surface area contributed by atoms with Gasteiger partial charge >= 0.3 is 0 Å². The Labute approximate surface area is 116 Å². The van der Waals surface area contributed by atoms with Crippen LogP contribution in [0.3, 0.4) is 0 Å². The SMILES string of the molecule is O=C(Nc1ccc2c(c1)NCCC2)c1cc[nH]c(=O)c1. The number of fused-ring (bicyclic) bond motifs is 1. The van der Waals surface area contributed by atoms with Crippen LogP contribution in [0.1, 0.15) is 22.3 Å². The molecule has 0 saturated heterocycles. The number of rotatable bonds is 2. The van der Waals surface area contributed by atoms with Crippen LogP contribution in [0.5, 0.6) is 0 Å². The zero-order valence-electron chi connectivity index (χ0n) is 10.9. The van der Waals surface area contributed by atoms with E-state index in [2.05, 4.69) is 15.6 Å². The lowest BCUT2D eigenvalue weighted by Crippen LogP contribution is -2.16. The molecule has 1 amide bonds. The molecule has 1 aromatic carbocycles. The van der Waals surface area contributed by atoms with Crippen molar-refractivity contribution in [1.29, 1.82) is 0 Å². The fourth-order valence-electron chi connectivity index (χ4n) is 2.33. The van der Waals surface area contributed by atoms with Crippen molar-refractivity contribution >= 4 is 17.3 Å². The zero-order chi connectivity index (χ0) is 13.9. The molecular formula is C15H15N3O2. The fourth-order valence-corrected chi connectivity index (χ4v) is 2.33. The number of benzene rings is 1. The van der Waals surface area contributed by atoms with Gasteiger partial charge < -0.3 is 15.6 Å². The molecule has 20 heavy (non-hydrogen) atoms. The summed E-state index contributed by atoms with van der Waals surface area (Å²) in [6.45, 7) is 0.957. The Hall–Kier alpha value is -2.56. The first-order valence-corrected chi connectivity index (χ1v) is 6.59. The van der Waals surface area contributed by atoms with Crippen molar-refractivity contribution in [1.82, 2.24) is 4.98 Å². The fraction of sp³-hybridized carbons (Fsp3) is 0.200. The highest BCUT2D eigenvalue weighted by Gasteiger charge is 2.11. The van der Waals surface area contributed by atoms with E-state index in [0.29, 0.717) is 5.56 Å². The highest BCUT2D eigenvalue weighted by Crippen LogP contribution is 2.25. The number of hydrogen-bond acceptors (Lipinski definition) is 3. The second-order valence-corrected chi connectivity index (χ2v) is 4.80. The number of nitrogens with one attached hydrogen (secondary N) is 3. The highest BCUT2D eigenvalue weighted by atomic mass is 16.2. The van der Waals surface area contributed by atoms with Crippen molar-refractivity contribution in [3.05, 3.63) is 58.0 Å². The van der Waals surface area contributed by atoms with E-state index >= 15 is 0 Å². The predicted molar refractivity (Wildman–Crippen MR) is 78.3 cm³/mol. The van der Waals surface area contributed by atoms with E-state index in [1.165, 1.54) is 17.8 Å². The van der Waals surface area contributed by atoms with Gasteiger partial charge in [0.25, 0.3) is 5.91 Å². The third-order valence-corrected chi connectivity index (χ3v) is 3.34. The van der Waals surface area contributed by atoms with Gasteiger partial charge in [0, 0.05) is 35.7 Å². The zero-order valence-corrected chi connectivity index (χ0v) is 10.9. The summed E-state index contributed by atoms with van der Waals surface area (Å²) in [6, 6.07) is 8.70. The largest absolute Gasteiger partial charge is 0.385 e. The molecule has 1 aliphatic rings. The topological polar surface area (TPSA) is 74.0 Å². The Balaban J connectivity index is 1.81. The maximum absolute atomic E-state index is 12.1. The molecule has 0 bridgehead atoms. The molecule has 0 fully saturated rings. The quantitative estimate of drug-likeness (QED) is 0.780. The summed E-state index contributed by atoms with van der Waals surface area (Å²) in [5, 5.41) is 6.12. The van der Waals surface area contributed by atoms with Gasteiger partial charge in [-0.15, -0.1) is 0 Å². The summed E-state index contributed by atoms with van der Waals surface area (Å²) in [5.74, 6) is -0.285. The number of aryl methyl sites for hydroxylation is 1. The number of hydrogen-bond donors (Lipinski definition) is 3. The van der Waals surface area contributed by atoms with Gasteiger partial charge in [-0.1, -0.05) is 6.07 Å². The second kappa shape index (κ2) is 5.21. The van der Waals surface area contributed by atoms with Crippen LogP contribution in [0.15, 0.2) is 41.3 Å². The van der Waals surface area contributed by atoms with Crippen molar-refractivity contribution in [2.24, 2.45) is 0 Å². The van der Waals surface area contributed by atoms with Gasteiger partial charge in [-0.05, 0) is 36.6 Å². The van der Waals surface area contributed by atoms with Crippen LogP contribution in [0.2, 0.25) is 0 Å². The molecule has 0 saturated carbocycles. The van der Waals surface area contributed by atoms with E-state index in [9.17, 15) is 9.59 Å². The maximum Gasteiger partial charge on any atom is 0.255 e. The van der Waals surface area contributed by atoms with Gasteiger partial charge in [-0.25, -0.2) is 0 Å². The molecule has 1 aliphatic heterocycles. The molecule has 5 nitrogen and oxygen atoms in total. The maximum atomic E-state index is 12.1. The van der Waals surface area contributed by atoms with Gasteiger partial charge in [-0.3, -0.25) is 9.59 Å². The van der Waals surface area contributed by atoms with Gasteiger partial charge in [-0.2, -0.15) is 0 Å². The normalized spacial score (nSPS) is 13.2. The minimum absolute atomic E-state index is 0.285. The first-order chi connectivity index (χ1) is 9.72. The standard InChI is InChI=1S/C15H15N3O2/c19-14-8-11(5-7-17-14)15(20)18-12-4-3-10-2-1-6-16-13(10)9-12/h3-5,7-9,16H,1-2,6H2,(H,17,19)(H,18,20). The number of aromatic amines is 1. The Morgan fingerprint density at radius 2 is 2.10 bits per heavy atom. The van der Waals surface area contributed by atoms with E-state index in [1.54, 1.807) is 6.07 Å². The summed E-state index contributed by atoms with van der Waals surface area (Å²) in [6.07, 6.45) is 3.65. The van der Waals surface area contributed by atoms with Crippen LogP contribution in [0.4, 0.5) is 11.4 Å². The van der Waals surface area contributed by atoms with Crippen LogP contribution in [0.25, 0.3) is 0 Å². The third-order valence-electron chi connectivity index (χ3n) is 3.34. The molecule has 0 aliphatic carbocycles. The summed E-state index contributed by atoms with van der Waals surface area (Å²) < 4.78 is 0. The molecule has 0 atom stereocenters. The lowest BCUT2D eigenvalue weighted by atomic mass is 10.0. The number of H-pyrrole nitrogens is 1. The van der Waals surface area contributed by atoms with E-state index in [-0.39, 0.29) is 11.5 Å². The number of aromatic nitrogens is 1. The highest BCUT2D eigenvalue weighted by molar-refractivity contribution is 6.04. The number of amides is 1. The average Bonchev–Trinajstić information content (AvgIpc) is 2.47. The molecule has 3 N–H and O–H groups in total. The van der Waals surface area contributed by atoms with Gasteiger partial charge in [0.15, 0.2) is 0 Å². The molecule has 5 heteroatoms. The van der Waals surface area contributed by atoms with Crippen LogP contribution >= 0.6 is 0 Å². The van der Waals surface area contributed by atoms with Crippen LogP contribution in [0, 0.1) is 0 Å². The molecule has 0 unspecified atom stereocenters. The summed E-state index contributed by atoms with van der Waals surface area (Å²) in [5.41, 5.74) is 3.12. The molecule has 2 heterocycles. The Kier molecular flexibility index (Phi) is 3.25. The molecule has 102 valence electrons.